The first-order valence-corrected chi connectivity index (χ1v) is 8.50. The molecule has 0 aromatic carbocycles. The highest BCUT2D eigenvalue weighted by Gasteiger charge is 2.35. The largest absolute Gasteiger partial charge is 0.377 e. The van der Waals surface area contributed by atoms with Gasteiger partial charge >= 0.3 is 0 Å². The van der Waals surface area contributed by atoms with E-state index in [1.165, 1.54) is 25.7 Å². The first-order chi connectivity index (χ1) is 8.61. The van der Waals surface area contributed by atoms with E-state index < -0.39 is 0 Å². The molecular weight excluding hydrogens is 242 g/mol. The summed E-state index contributed by atoms with van der Waals surface area (Å²) >= 11 is 2.20. The summed E-state index contributed by atoms with van der Waals surface area (Å²) in [4.78, 5) is 0. The summed E-state index contributed by atoms with van der Waals surface area (Å²) in [6.07, 6.45) is 5.82. The van der Waals surface area contributed by atoms with Crippen LogP contribution in [0, 0.1) is 11.8 Å². The third kappa shape index (κ3) is 3.43. The van der Waals surface area contributed by atoms with Crippen molar-refractivity contribution in [3.05, 3.63) is 0 Å². The van der Waals surface area contributed by atoms with Gasteiger partial charge in [0, 0.05) is 23.1 Å². The minimum Gasteiger partial charge on any atom is -0.377 e. The molecule has 1 N–H and O–H groups in total. The molecule has 0 aromatic rings. The number of rotatable bonds is 4. The second-order valence-corrected chi connectivity index (χ2v) is 7.77. The van der Waals surface area contributed by atoms with Crippen LogP contribution in [-0.4, -0.2) is 36.3 Å². The van der Waals surface area contributed by atoms with Crippen LogP contribution >= 0.6 is 11.8 Å². The minimum atomic E-state index is 0.451. The fourth-order valence-electron chi connectivity index (χ4n) is 3.36. The molecule has 1 aliphatic carbocycles. The lowest BCUT2D eigenvalue weighted by Gasteiger charge is -2.38. The Balaban J connectivity index is 1.93. The molecule has 0 radical (unpaired) electrons. The van der Waals surface area contributed by atoms with E-state index in [0.29, 0.717) is 12.1 Å². The number of thioether (sulfide) groups is 1. The molecule has 1 saturated heterocycles. The van der Waals surface area contributed by atoms with Gasteiger partial charge in [-0.15, -0.1) is 0 Å². The highest BCUT2D eigenvalue weighted by Crippen LogP contribution is 2.40. The van der Waals surface area contributed by atoms with Crippen molar-refractivity contribution in [1.29, 1.82) is 0 Å². The van der Waals surface area contributed by atoms with Crippen molar-refractivity contribution in [2.75, 3.05) is 13.7 Å². The number of ether oxygens (including phenoxy) is 1. The first kappa shape index (κ1) is 14.7. The summed E-state index contributed by atoms with van der Waals surface area (Å²) in [5.41, 5.74) is 0. The topological polar surface area (TPSA) is 21.3 Å². The van der Waals surface area contributed by atoms with Gasteiger partial charge in [0.2, 0.25) is 0 Å². The maximum atomic E-state index is 5.71. The van der Waals surface area contributed by atoms with Crippen molar-refractivity contribution in [1.82, 2.24) is 5.32 Å². The summed E-state index contributed by atoms with van der Waals surface area (Å²) in [6, 6.07) is 0.706. The number of nitrogens with one attached hydrogen (secondary N) is 1. The summed E-state index contributed by atoms with van der Waals surface area (Å²) in [5, 5.41) is 5.04. The quantitative estimate of drug-likeness (QED) is 0.847. The van der Waals surface area contributed by atoms with Gasteiger partial charge in [0.05, 0.1) is 6.10 Å². The van der Waals surface area contributed by atoms with Crippen molar-refractivity contribution in [2.24, 2.45) is 11.8 Å². The van der Waals surface area contributed by atoms with Crippen LogP contribution in [0.1, 0.15) is 46.5 Å². The van der Waals surface area contributed by atoms with Crippen LogP contribution in [0.15, 0.2) is 0 Å². The van der Waals surface area contributed by atoms with Gasteiger partial charge in [-0.05, 0) is 51.5 Å². The van der Waals surface area contributed by atoms with E-state index in [4.69, 9.17) is 4.74 Å². The summed E-state index contributed by atoms with van der Waals surface area (Å²) in [7, 11) is 2.13. The molecule has 0 spiro atoms. The third-order valence-corrected chi connectivity index (χ3v) is 6.64. The lowest BCUT2D eigenvalue weighted by Crippen LogP contribution is -2.43. The smallest absolute Gasteiger partial charge is 0.0666 e. The second kappa shape index (κ2) is 6.62. The Labute approximate surface area is 117 Å². The molecule has 18 heavy (non-hydrogen) atoms. The van der Waals surface area contributed by atoms with Gasteiger partial charge in [0.25, 0.3) is 0 Å². The minimum absolute atomic E-state index is 0.451. The SMILES string of the molecule is CNC1CCC(C(C)C)CC1SC1CCOC1C. The lowest BCUT2D eigenvalue weighted by molar-refractivity contribution is 0.127. The highest BCUT2D eigenvalue weighted by atomic mass is 32.2. The van der Waals surface area contributed by atoms with E-state index in [-0.39, 0.29) is 0 Å². The highest BCUT2D eigenvalue weighted by molar-refractivity contribution is 8.00. The first-order valence-electron chi connectivity index (χ1n) is 7.56. The molecule has 106 valence electrons. The fraction of sp³-hybridized carbons (Fsp3) is 1.00. The molecule has 0 bridgehead atoms. The Hall–Kier alpha value is 0.270. The Morgan fingerprint density at radius 1 is 1.17 bits per heavy atom. The summed E-state index contributed by atoms with van der Waals surface area (Å²) < 4.78 is 5.71. The van der Waals surface area contributed by atoms with Gasteiger partial charge in [-0.3, -0.25) is 0 Å². The van der Waals surface area contributed by atoms with Crippen molar-refractivity contribution in [3.8, 4) is 0 Å². The molecule has 3 heteroatoms. The Kier molecular flexibility index (Phi) is 5.40. The molecule has 2 nitrogen and oxygen atoms in total. The number of hydrogen-bond acceptors (Lipinski definition) is 3. The van der Waals surface area contributed by atoms with E-state index in [9.17, 15) is 0 Å². The molecule has 5 atom stereocenters. The summed E-state index contributed by atoms with van der Waals surface area (Å²) in [5.74, 6) is 1.76. The average Bonchev–Trinajstić information content (AvgIpc) is 2.75. The van der Waals surface area contributed by atoms with Crippen molar-refractivity contribution in [3.63, 3.8) is 0 Å². The van der Waals surface area contributed by atoms with Gasteiger partial charge in [0.15, 0.2) is 0 Å². The zero-order valence-corrected chi connectivity index (χ0v) is 13.1. The van der Waals surface area contributed by atoms with Crippen molar-refractivity contribution >= 4 is 11.8 Å². The predicted octanol–water partition coefficient (Wildman–Crippen LogP) is 3.31. The Morgan fingerprint density at radius 3 is 2.50 bits per heavy atom. The molecule has 2 aliphatic rings. The molecule has 0 aromatic heterocycles. The third-order valence-electron chi connectivity index (χ3n) is 4.80. The van der Waals surface area contributed by atoms with Crippen LogP contribution in [0.5, 0.6) is 0 Å². The monoisotopic (exact) mass is 271 g/mol. The van der Waals surface area contributed by atoms with E-state index in [0.717, 1.165) is 28.9 Å². The van der Waals surface area contributed by atoms with Crippen molar-refractivity contribution < 1.29 is 4.74 Å². The van der Waals surface area contributed by atoms with Crippen LogP contribution in [0.2, 0.25) is 0 Å². The zero-order valence-electron chi connectivity index (χ0n) is 12.3. The van der Waals surface area contributed by atoms with Gasteiger partial charge < -0.3 is 10.1 Å². The average molecular weight is 271 g/mol. The summed E-state index contributed by atoms with van der Waals surface area (Å²) in [6.45, 7) is 7.96. The Bertz CT molecular complexity index is 259. The van der Waals surface area contributed by atoms with Crippen LogP contribution < -0.4 is 5.32 Å². The maximum absolute atomic E-state index is 5.71. The van der Waals surface area contributed by atoms with Crippen molar-refractivity contribution in [2.45, 2.75) is 69.1 Å². The molecule has 2 rings (SSSR count). The maximum Gasteiger partial charge on any atom is 0.0666 e. The van der Waals surface area contributed by atoms with Crippen LogP contribution in [-0.2, 0) is 4.74 Å². The second-order valence-electron chi connectivity index (χ2n) is 6.29. The molecule has 0 amide bonds. The van der Waals surface area contributed by atoms with Crippen LogP contribution in [0.25, 0.3) is 0 Å². The molecule has 1 saturated carbocycles. The Morgan fingerprint density at radius 2 is 1.94 bits per heavy atom. The van der Waals surface area contributed by atoms with Gasteiger partial charge in [-0.1, -0.05) is 13.8 Å². The van der Waals surface area contributed by atoms with E-state index in [1.54, 1.807) is 0 Å². The zero-order chi connectivity index (χ0) is 13.1. The van der Waals surface area contributed by atoms with Gasteiger partial charge in [-0.25, -0.2) is 0 Å². The van der Waals surface area contributed by atoms with Gasteiger partial charge in [0.1, 0.15) is 0 Å². The fourth-order valence-corrected chi connectivity index (χ4v) is 5.16. The van der Waals surface area contributed by atoms with Crippen LogP contribution in [0.3, 0.4) is 0 Å². The molecule has 2 fully saturated rings. The normalized spacial score (nSPS) is 41.5. The molecular formula is C15H29NOS. The number of hydrogen-bond donors (Lipinski definition) is 1. The van der Waals surface area contributed by atoms with E-state index >= 15 is 0 Å². The molecule has 5 unspecified atom stereocenters. The van der Waals surface area contributed by atoms with Crippen LogP contribution in [0.4, 0.5) is 0 Å². The standard InChI is InChI=1S/C15H29NOS/c1-10(2)12-5-6-13(16-4)15(9-12)18-14-7-8-17-11(14)3/h10-16H,5-9H2,1-4H3. The van der Waals surface area contributed by atoms with E-state index in [1.807, 2.05) is 0 Å². The van der Waals surface area contributed by atoms with Gasteiger partial charge in [-0.2, -0.15) is 11.8 Å². The predicted molar refractivity (Wildman–Crippen MR) is 80.2 cm³/mol. The molecule has 1 aliphatic heterocycles. The lowest BCUT2D eigenvalue weighted by atomic mass is 9.79. The van der Waals surface area contributed by atoms with E-state index in [2.05, 4.69) is 44.9 Å². The molecule has 1 heterocycles.